The summed E-state index contributed by atoms with van der Waals surface area (Å²) in [6, 6.07) is 0. The average molecular weight is 242 g/mol. The lowest BCUT2D eigenvalue weighted by atomic mass is 10.4. The molecule has 0 aromatic carbocycles. The van der Waals surface area contributed by atoms with Gasteiger partial charge in [-0.15, -0.1) is 21.5 Å². The van der Waals surface area contributed by atoms with Crippen LogP contribution in [-0.2, 0) is 11.3 Å². The van der Waals surface area contributed by atoms with Gasteiger partial charge in [0, 0.05) is 7.11 Å². The summed E-state index contributed by atoms with van der Waals surface area (Å²) in [5, 5.41) is 10.1. The fourth-order valence-electron chi connectivity index (χ4n) is 1.20. The number of nitrogen functional groups attached to an aromatic ring is 1. The summed E-state index contributed by atoms with van der Waals surface area (Å²) in [6.45, 7) is 2.44. The largest absolute Gasteiger partial charge is 0.378 e. The van der Waals surface area contributed by atoms with Crippen LogP contribution in [0.1, 0.15) is 10.7 Å². The summed E-state index contributed by atoms with van der Waals surface area (Å²) in [6.07, 6.45) is 0. The molecule has 0 amide bonds. The van der Waals surface area contributed by atoms with Gasteiger partial charge in [-0.25, -0.2) is 4.98 Å². The number of aromatic nitrogens is 3. The Morgan fingerprint density at radius 3 is 2.73 bits per heavy atom. The van der Waals surface area contributed by atoms with E-state index in [9.17, 15) is 0 Å². The van der Waals surface area contributed by atoms with Crippen molar-refractivity contribution in [3.05, 3.63) is 10.7 Å². The lowest BCUT2D eigenvalue weighted by Crippen LogP contribution is -1.90. The van der Waals surface area contributed by atoms with Gasteiger partial charge in [0.2, 0.25) is 5.13 Å². The normalized spacial score (nSPS) is 10.8. The number of hydrogen-bond acceptors (Lipinski definition) is 7. The summed E-state index contributed by atoms with van der Waals surface area (Å²) >= 11 is 2.95. The fourth-order valence-corrected chi connectivity index (χ4v) is 2.82. The molecule has 2 heterocycles. The maximum atomic E-state index is 5.54. The minimum atomic E-state index is 0.472. The van der Waals surface area contributed by atoms with Gasteiger partial charge in [-0.3, -0.25) is 0 Å². The third-order valence-electron chi connectivity index (χ3n) is 1.72. The molecule has 0 saturated heterocycles. The standard InChI is InChI=1S/C8H10N4OS2/c1-4-10-5(3-13-2)6(14-4)7-11-12-8(9)15-7/h3H2,1-2H3,(H2,9,12). The molecule has 0 unspecified atom stereocenters. The van der Waals surface area contributed by atoms with Gasteiger partial charge in [0.1, 0.15) is 0 Å². The molecule has 0 bridgehead atoms. The number of rotatable bonds is 3. The van der Waals surface area contributed by atoms with E-state index in [1.165, 1.54) is 11.3 Å². The maximum absolute atomic E-state index is 5.54. The van der Waals surface area contributed by atoms with E-state index in [0.29, 0.717) is 11.7 Å². The Labute approximate surface area is 94.9 Å². The Balaban J connectivity index is 2.42. The van der Waals surface area contributed by atoms with Crippen molar-refractivity contribution in [2.75, 3.05) is 12.8 Å². The van der Waals surface area contributed by atoms with Crippen LogP contribution in [0.5, 0.6) is 0 Å². The Morgan fingerprint density at radius 1 is 1.33 bits per heavy atom. The first kappa shape index (κ1) is 10.5. The van der Waals surface area contributed by atoms with Crippen LogP contribution in [0.15, 0.2) is 0 Å². The van der Waals surface area contributed by atoms with Crippen molar-refractivity contribution in [1.82, 2.24) is 15.2 Å². The van der Waals surface area contributed by atoms with Crippen molar-refractivity contribution in [2.45, 2.75) is 13.5 Å². The molecule has 0 saturated carbocycles. The number of aryl methyl sites for hydroxylation is 1. The second kappa shape index (κ2) is 4.21. The number of ether oxygens (including phenoxy) is 1. The van der Waals surface area contributed by atoms with Gasteiger partial charge in [0.25, 0.3) is 0 Å². The van der Waals surface area contributed by atoms with Crippen molar-refractivity contribution in [2.24, 2.45) is 0 Å². The van der Waals surface area contributed by atoms with E-state index in [2.05, 4.69) is 15.2 Å². The molecule has 0 fully saturated rings. The summed E-state index contributed by atoms with van der Waals surface area (Å²) in [5.74, 6) is 0. The highest BCUT2D eigenvalue weighted by Crippen LogP contribution is 2.33. The molecule has 0 aliphatic heterocycles. The topological polar surface area (TPSA) is 73.9 Å². The number of nitrogens with zero attached hydrogens (tertiary/aromatic N) is 3. The third-order valence-corrected chi connectivity index (χ3v) is 3.64. The quantitative estimate of drug-likeness (QED) is 0.886. The first-order valence-corrected chi connectivity index (χ1v) is 5.88. The van der Waals surface area contributed by atoms with Crippen LogP contribution in [0.25, 0.3) is 9.88 Å². The number of methoxy groups -OCH3 is 1. The van der Waals surface area contributed by atoms with Crippen LogP contribution in [-0.4, -0.2) is 22.3 Å². The van der Waals surface area contributed by atoms with E-state index in [1.807, 2.05) is 6.92 Å². The van der Waals surface area contributed by atoms with Gasteiger partial charge in [0.15, 0.2) is 5.01 Å². The summed E-state index contributed by atoms with van der Waals surface area (Å²) < 4.78 is 5.08. The van der Waals surface area contributed by atoms with Crippen molar-refractivity contribution >= 4 is 27.8 Å². The van der Waals surface area contributed by atoms with Gasteiger partial charge >= 0.3 is 0 Å². The molecule has 0 spiro atoms. The van der Waals surface area contributed by atoms with Crippen molar-refractivity contribution in [3.63, 3.8) is 0 Å². The molecule has 2 N–H and O–H groups in total. The Bertz CT molecular complexity index is 465. The molecular formula is C8H10N4OS2. The van der Waals surface area contributed by atoms with Gasteiger partial charge in [-0.05, 0) is 6.92 Å². The third kappa shape index (κ3) is 2.14. The zero-order chi connectivity index (χ0) is 10.8. The van der Waals surface area contributed by atoms with E-state index >= 15 is 0 Å². The molecule has 15 heavy (non-hydrogen) atoms. The molecule has 80 valence electrons. The van der Waals surface area contributed by atoms with E-state index in [1.54, 1.807) is 18.4 Å². The van der Waals surface area contributed by atoms with Gasteiger partial charge < -0.3 is 10.5 Å². The molecule has 0 radical (unpaired) electrons. The summed E-state index contributed by atoms with van der Waals surface area (Å²) in [5.41, 5.74) is 6.44. The van der Waals surface area contributed by atoms with E-state index in [-0.39, 0.29) is 0 Å². The van der Waals surface area contributed by atoms with Crippen molar-refractivity contribution in [1.29, 1.82) is 0 Å². The lowest BCUT2D eigenvalue weighted by molar-refractivity contribution is 0.182. The smallest absolute Gasteiger partial charge is 0.203 e. The van der Waals surface area contributed by atoms with E-state index < -0.39 is 0 Å². The highest BCUT2D eigenvalue weighted by atomic mass is 32.1. The van der Waals surface area contributed by atoms with Crippen LogP contribution >= 0.6 is 22.7 Å². The minimum Gasteiger partial charge on any atom is -0.378 e. The number of hydrogen-bond donors (Lipinski definition) is 1. The first-order valence-electron chi connectivity index (χ1n) is 4.25. The zero-order valence-electron chi connectivity index (χ0n) is 8.35. The first-order chi connectivity index (χ1) is 7.20. The molecular weight excluding hydrogens is 232 g/mol. The highest BCUT2D eigenvalue weighted by molar-refractivity contribution is 7.23. The molecule has 5 nitrogen and oxygen atoms in total. The van der Waals surface area contributed by atoms with Gasteiger partial charge in [0.05, 0.1) is 22.2 Å². The van der Waals surface area contributed by atoms with Crippen molar-refractivity contribution < 1.29 is 4.74 Å². The van der Waals surface area contributed by atoms with Crippen LogP contribution in [0.4, 0.5) is 5.13 Å². The van der Waals surface area contributed by atoms with Crippen LogP contribution < -0.4 is 5.73 Å². The van der Waals surface area contributed by atoms with Crippen molar-refractivity contribution in [3.8, 4) is 9.88 Å². The predicted molar refractivity (Wildman–Crippen MR) is 60.9 cm³/mol. The minimum absolute atomic E-state index is 0.472. The average Bonchev–Trinajstić information content (AvgIpc) is 2.73. The second-order valence-corrected chi connectivity index (χ2v) is 5.10. The lowest BCUT2D eigenvalue weighted by Gasteiger charge is -1.95. The van der Waals surface area contributed by atoms with Gasteiger partial charge in [-0.1, -0.05) is 11.3 Å². The SMILES string of the molecule is COCc1nc(C)sc1-c1nnc(N)s1. The fraction of sp³-hybridized carbons (Fsp3) is 0.375. The zero-order valence-corrected chi connectivity index (χ0v) is 9.98. The number of nitrogens with two attached hydrogens (primary N) is 1. The number of thiazole rings is 1. The molecule has 0 aliphatic carbocycles. The molecule has 0 aliphatic rings. The van der Waals surface area contributed by atoms with Gasteiger partial charge in [-0.2, -0.15) is 0 Å². The second-order valence-electron chi connectivity index (χ2n) is 2.89. The summed E-state index contributed by atoms with van der Waals surface area (Å²) in [4.78, 5) is 5.38. The Kier molecular flexibility index (Phi) is 2.94. The van der Waals surface area contributed by atoms with Crippen LogP contribution in [0.3, 0.4) is 0 Å². The van der Waals surface area contributed by atoms with E-state index in [4.69, 9.17) is 10.5 Å². The molecule has 0 atom stereocenters. The molecule has 2 aromatic heterocycles. The van der Waals surface area contributed by atoms with Crippen LogP contribution in [0, 0.1) is 6.92 Å². The number of anilines is 1. The predicted octanol–water partition coefficient (Wildman–Crippen LogP) is 1.70. The molecule has 7 heteroatoms. The highest BCUT2D eigenvalue weighted by Gasteiger charge is 2.14. The maximum Gasteiger partial charge on any atom is 0.203 e. The molecule has 2 rings (SSSR count). The van der Waals surface area contributed by atoms with E-state index in [0.717, 1.165) is 20.6 Å². The Hall–Kier alpha value is -1.05. The monoisotopic (exact) mass is 242 g/mol. The molecule has 2 aromatic rings. The van der Waals surface area contributed by atoms with Crippen LogP contribution in [0.2, 0.25) is 0 Å². The summed E-state index contributed by atoms with van der Waals surface area (Å²) in [7, 11) is 1.65. The Morgan fingerprint density at radius 2 is 2.13 bits per heavy atom.